The van der Waals surface area contributed by atoms with Crippen molar-refractivity contribution < 1.29 is 0 Å². The molecule has 3 nitrogen and oxygen atoms in total. The molecule has 0 aliphatic carbocycles. The zero-order chi connectivity index (χ0) is 13.3. The molecule has 0 saturated heterocycles. The summed E-state index contributed by atoms with van der Waals surface area (Å²) in [5.74, 6) is 1.23. The Hall–Kier alpha value is -1.51. The summed E-state index contributed by atoms with van der Waals surface area (Å²) in [4.78, 5) is 6.73. The fourth-order valence-electron chi connectivity index (χ4n) is 2.42. The molecule has 1 aliphatic rings. The second-order valence-electron chi connectivity index (χ2n) is 6.19. The zero-order valence-corrected chi connectivity index (χ0v) is 11.8. The van der Waals surface area contributed by atoms with Crippen molar-refractivity contribution >= 4 is 11.6 Å². The monoisotopic (exact) mass is 245 g/mol. The minimum absolute atomic E-state index is 0.139. The van der Waals surface area contributed by atoms with Gasteiger partial charge in [-0.05, 0) is 44.7 Å². The van der Waals surface area contributed by atoms with Crippen LogP contribution in [0, 0.1) is 5.92 Å². The highest BCUT2D eigenvalue weighted by molar-refractivity contribution is 5.96. The van der Waals surface area contributed by atoms with Gasteiger partial charge in [0.15, 0.2) is 5.96 Å². The smallest absolute Gasteiger partial charge is 0.196 e. The molecule has 1 aromatic carbocycles. The Bertz CT molecular complexity index is 457. The van der Waals surface area contributed by atoms with Gasteiger partial charge in [-0.15, -0.1) is 0 Å². The number of rotatable bonds is 0. The van der Waals surface area contributed by atoms with Crippen molar-refractivity contribution in [1.29, 1.82) is 0 Å². The van der Waals surface area contributed by atoms with Crippen LogP contribution in [0.5, 0.6) is 0 Å². The van der Waals surface area contributed by atoms with Crippen LogP contribution in [-0.2, 0) is 6.42 Å². The summed E-state index contributed by atoms with van der Waals surface area (Å²) in [7, 11) is 0. The van der Waals surface area contributed by atoms with E-state index in [2.05, 4.69) is 61.9 Å². The van der Waals surface area contributed by atoms with Gasteiger partial charge in [-0.2, -0.15) is 0 Å². The molecule has 1 aromatic rings. The summed E-state index contributed by atoms with van der Waals surface area (Å²) < 4.78 is 0. The number of benzene rings is 1. The van der Waals surface area contributed by atoms with Gasteiger partial charge in [0.05, 0.1) is 5.54 Å². The highest BCUT2D eigenvalue weighted by Crippen LogP contribution is 2.29. The lowest BCUT2D eigenvalue weighted by Crippen LogP contribution is -2.44. The van der Waals surface area contributed by atoms with Crippen LogP contribution in [0.15, 0.2) is 29.3 Å². The number of guanidine groups is 1. The van der Waals surface area contributed by atoms with Gasteiger partial charge in [-0.3, -0.25) is 0 Å². The molecular formula is C15H23N3. The van der Waals surface area contributed by atoms with Crippen LogP contribution in [0.25, 0.3) is 0 Å². The summed E-state index contributed by atoms with van der Waals surface area (Å²) in [6, 6.07) is 8.47. The predicted molar refractivity (Wildman–Crippen MR) is 78.0 cm³/mol. The SMILES string of the molecule is CC1Cc2ccccc2N(C(N)=NC(C)(C)C)C1. The highest BCUT2D eigenvalue weighted by atomic mass is 15.3. The van der Waals surface area contributed by atoms with Crippen LogP contribution >= 0.6 is 0 Å². The van der Waals surface area contributed by atoms with Gasteiger partial charge < -0.3 is 10.6 Å². The molecule has 1 aliphatic heterocycles. The quantitative estimate of drug-likeness (QED) is 0.564. The minimum Gasteiger partial charge on any atom is -0.369 e. The Morgan fingerprint density at radius 1 is 1.33 bits per heavy atom. The Morgan fingerprint density at radius 2 is 2.00 bits per heavy atom. The lowest BCUT2D eigenvalue weighted by molar-refractivity contribution is 0.553. The number of nitrogens with zero attached hydrogens (tertiary/aromatic N) is 2. The molecule has 0 radical (unpaired) electrons. The topological polar surface area (TPSA) is 41.6 Å². The summed E-state index contributed by atoms with van der Waals surface area (Å²) >= 11 is 0. The van der Waals surface area contributed by atoms with Crippen LogP contribution in [0.4, 0.5) is 5.69 Å². The lowest BCUT2D eigenvalue weighted by Gasteiger charge is -2.34. The van der Waals surface area contributed by atoms with Crippen molar-refractivity contribution in [3.8, 4) is 0 Å². The standard InChI is InChI=1S/C15H23N3/c1-11-9-12-7-5-6-8-13(12)18(10-11)14(16)17-15(2,3)4/h5-8,11H,9-10H2,1-4H3,(H2,16,17). The largest absolute Gasteiger partial charge is 0.369 e. The molecule has 0 bridgehead atoms. The number of aliphatic imine (C=N–C) groups is 1. The van der Waals surface area contributed by atoms with Gasteiger partial charge in [0.1, 0.15) is 0 Å². The normalized spacial score (nSPS) is 20.8. The van der Waals surface area contributed by atoms with Crippen LogP contribution in [0.2, 0.25) is 0 Å². The van der Waals surface area contributed by atoms with E-state index in [-0.39, 0.29) is 5.54 Å². The minimum atomic E-state index is -0.139. The van der Waals surface area contributed by atoms with Crippen molar-refractivity contribution in [2.24, 2.45) is 16.6 Å². The molecule has 2 rings (SSSR count). The van der Waals surface area contributed by atoms with Crippen molar-refractivity contribution in [1.82, 2.24) is 0 Å². The third-order valence-corrected chi connectivity index (χ3v) is 3.07. The first kappa shape index (κ1) is 12.9. The lowest BCUT2D eigenvalue weighted by atomic mass is 9.94. The summed E-state index contributed by atoms with van der Waals surface area (Å²) in [5.41, 5.74) is 8.62. The third-order valence-electron chi connectivity index (χ3n) is 3.07. The Balaban J connectivity index is 2.37. The predicted octanol–water partition coefficient (Wildman–Crippen LogP) is 2.80. The van der Waals surface area contributed by atoms with Crippen LogP contribution < -0.4 is 10.6 Å². The van der Waals surface area contributed by atoms with E-state index in [0.29, 0.717) is 11.9 Å². The third kappa shape index (κ3) is 2.84. The fraction of sp³-hybridized carbons (Fsp3) is 0.533. The van der Waals surface area contributed by atoms with E-state index in [1.54, 1.807) is 0 Å². The molecule has 0 fully saturated rings. The number of nitrogens with two attached hydrogens (primary N) is 1. The van der Waals surface area contributed by atoms with Crippen molar-refractivity contribution in [3.05, 3.63) is 29.8 Å². The van der Waals surface area contributed by atoms with Crippen molar-refractivity contribution in [2.75, 3.05) is 11.4 Å². The first-order valence-corrected chi connectivity index (χ1v) is 6.57. The van der Waals surface area contributed by atoms with E-state index in [1.807, 2.05) is 0 Å². The van der Waals surface area contributed by atoms with Gasteiger partial charge in [-0.1, -0.05) is 25.1 Å². The van der Waals surface area contributed by atoms with E-state index >= 15 is 0 Å². The molecule has 1 unspecified atom stereocenters. The molecular weight excluding hydrogens is 222 g/mol. The zero-order valence-electron chi connectivity index (χ0n) is 11.8. The first-order chi connectivity index (χ1) is 8.37. The second-order valence-corrected chi connectivity index (χ2v) is 6.19. The van der Waals surface area contributed by atoms with E-state index in [4.69, 9.17) is 5.73 Å². The van der Waals surface area contributed by atoms with Crippen LogP contribution in [-0.4, -0.2) is 18.0 Å². The van der Waals surface area contributed by atoms with E-state index < -0.39 is 0 Å². The highest BCUT2D eigenvalue weighted by Gasteiger charge is 2.24. The number of para-hydroxylation sites is 1. The maximum Gasteiger partial charge on any atom is 0.196 e. The Kier molecular flexibility index (Phi) is 3.33. The van der Waals surface area contributed by atoms with E-state index in [9.17, 15) is 0 Å². The summed E-state index contributed by atoms with van der Waals surface area (Å²) in [5, 5.41) is 0. The molecule has 98 valence electrons. The number of hydrogen-bond donors (Lipinski definition) is 1. The van der Waals surface area contributed by atoms with Gasteiger partial charge in [-0.25, -0.2) is 4.99 Å². The maximum absolute atomic E-state index is 6.19. The molecule has 3 heteroatoms. The van der Waals surface area contributed by atoms with Crippen LogP contribution in [0.1, 0.15) is 33.3 Å². The summed E-state index contributed by atoms with van der Waals surface area (Å²) in [6.07, 6.45) is 1.12. The van der Waals surface area contributed by atoms with Gasteiger partial charge in [0.2, 0.25) is 0 Å². The molecule has 0 saturated carbocycles. The van der Waals surface area contributed by atoms with E-state index in [1.165, 1.54) is 11.3 Å². The Labute approximate surface area is 110 Å². The number of hydrogen-bond acceptors (Lipinski definition) is 1. The average Bonchev–Trinajstić information content (AvgIpc) is 2.25. The molecule has 2 N–H and O–H groups in total. The number of fused-ring (bicyclic) bond motifs is 1. The maximum atomic E-state index is 6.19. The first-order valence-electron chi connectivity index (χ1n) is 6.57. The van der Waals surface area contributed by atoms with Crippen LogP contribution in [0.3, 0.4) is 0 Å². The molecule has 1 atom stereocenters. The molecule has 0 spiro atoms. The number of anilines is 1. The van der Waals surface area contributed by atoms with Crippen molar-refractivity contribution in [2.45, 2.75) is 39.7 Å². The second kappa shape index (κ2) is 4.63. The molecule has 0 aromatic heterocycles. The average molecular weight is 245 g/mol. The van der Waals surface area contributed by atoms with Gasteiger partial charge in [0.25, 0.3) is 0 Å². The van der Waals surface area contributed by atoms with Gasteiger partial charge in [0, 0.05) is 12.2 Å². The Morgan fingerprint density at radius 3 is 2.67 bits per heavy atom. The molecule has 1 heterocycles. The van der Waals surface area contributed by atoms with E-state index in [0.717, 1.165) is 13.0 Å². The fourth-order valence-corrected chi connectivity index (χ4v) is 2.42. The van der Waals surface area contributed by atoms with Gasteiger partial charge >= 0.3 is 0 Å². The molecule has 18 heavy (non-hydrogen) atoms. The van der Waals surface area contributed by atoms with Crippen molar-refractivity contribution in [3.63, 3.8) is 0 Å². The summed E-state index contributed by atoms with van der Waals surface area (Å²) in [6.45, 7) is 9.41. The molecule has 0 amide bonds.